The lowest BCUT2D eigenvalue weighted by atomic mass is 10.2. The first-order valence-electron chi connectivity index (χ1n) is 3.30. The van der Waals surface area contributed by atoms with E-state index < -0.39 is 12.2 Å². The number of carbonyl (C=O) groups excluding carboxylic acids is 1. The molecule has 0 heterocycles. The number of aliphatic hydroxyl groups excluding tert-OH is 1. The van der Waals surface area contributed by atoms with E-state index in [9.17, 15) is 9.90 Å². The highest BCUT2D eigenvalue weighted by Crippen LogP contribution is 2.26. The molecule has 0 aliphatic heterocycles. The van der Waals surface area contributed by atoms with Gasteiger partial charge in [-0.1, -0.05) is 8.93 Å². The van der Waals surface area contributed by atoms with Gasteiger partial charge in [-0.15, -0.1) is 0 Å². The molecule has 5 atom stereocenters. The van der Waals surface area contributed by atoms with Gasteiger partial charge in [-0.25, -0.2) is 0 Å². The van der Waals surface area contributed by atoms with E-state index in [2.05, 4.69) is 13.5 Å². The SMILES string of the molecule is O=CC[C@@H](OPP)[C@H](O)COP. The minimum Gasteiger partial charge on any atom is -0.388 e. The first-order chi connectivity index (χ1) is 5.76. The van der Waals surface area contributed by atoms with Crippen LogP contribution in [0.5, 0.6) is 0 Å². The summed E-state index contributed by atoms with van der Waals surface area (Å²) in [6, 6.07) is 0. The number of rotatable bonds is 7. The fraction of sp³-hybridized carbons (Fsp3) is 0.800. The third-order valence-corrected chi connectivity index (χ3v) is 2.28. The monoisotopic (exact) mass is 230 g/mol. The second-order valence-electron chi connectivity index (χ2n) is 2.08. The van der Waals surface area contributed by atoms with Crippen LogP contribution in [0.4, 0.5) is 0 Å². The fourth-order valence-electron chi connectivity index (χ4n) is 0.672. The summed E-state index contributed by atoms with van der Waals surface area (Å²) < 4.78 is 9.76. The molecular formula is C5H13O4P3. The molecule has 0 saturated heterocycles. The molecular weight excluding hydrogens is 217 g/mol. The number of aldehydes is 1. The van der Waals surface area contributed by atoms with Crippen molar-refractivity contribution in [3.63, 3.8) is 0 Å². The summed E-state index contributed by atoms with van der Waals surface area (Å²) in [5.74, 6) is 0. The molecule has 0 fully saturated rings. The van der Waals surface area contributed by atoms with Crippen molar-refractivity contribution in [2.75, 3.05) is 6.61 Å². The van der Waals surface area contributed by atoms with E-state index in [0.29, 0.717) is 0 Å². The summed E-state index contributed by atoms with van der Waals surface area (Å²) >= 11 is 0. The molecule has 0 bridgehead atoms. The highest BCUT2D eigenvalue weighted by Gasteiger charge is 2.18. The van der Waals surface area contributed by atoms with E-state index >= 15 is 0 Å². The van der Waals surface area contributed by atoms with Gasteiger partial charge in [-0.2, -0.15) is 0 Å². The van der Waals surface area contributed by atoms with Crippen LogP contribution in [0, 0.1) is 0 Å². The van der Waals surface area contributed by atoms with Gasteiger partial charge in [0.2, 0.25) is 0 Å². The lowest BCUT2D eigenvalue weighted by Gasteiger charge is -2.19. The molecule has 0 saturated carbocycles. The maximum Gasteiger partial charge on any atom is 0.122 e. The smallest absolute Gasteiger partial charge is 0.122 e. The standard InChI is InChI=1S/C5H13O4P3/c6-2-1-5(9-12-11)4(7)3-8-10/h2,4-5,7,12H,1,3,10-11H2/t4-,5-/m1/s1. The maximum atomic E-state index is 10.2. The van der Waals surface area contributed by atoms with Crippen LogP contribution in [0.3, 0.4) is 0 Å². The lowest BCUT2D eigenvalue weighted by Crippen LogP contribution is -2.30. The van der Waals surface area contributed by atoms with Crippen LogP contribution in [0.15, 0.2) is 0 Å². The molecule has 1 N–H and O–H groups in total. The van der Waals surface area contributed by atoms with Crippen molar-refractivity contribution in [1.29, 1.82) is 0 Å². The number of hydrogen-bond acceptors (Lipinski definition) is 4. The normalized spacial score (nSPS) is 16.6. The molecule has 0 aliphatic rings. The van der Waals surface area contributed by atoms with E-state index in [1.54, 1.807) is 0 Å². The highest BCUT2D eigenvalue weighted by atomic mass is 32.0. The minimum atomic E-state index is -0.749. The lowest BCUT2D eigenvalue weighted by molar-refractivity contribution is -0.110. The van der Waals surface area contributed by atoms with Gasteiger partial charge in [-0.05, 0) is 0 Å². The summed E-state index contributed by atoms with van der Waals surface area (Å²) in [4.78, 5) is 10.2. The molecule has 7 heteroatoms. The molecule has 0 aromatic rings. The Morgan fingerprint density at radius 3 is 2.75 bits per heavy atom. The Labute approximate surface area is 78.0 Å². The molecule has 0 spiro atoms. The number of aliphatic hydroxyl groups is 1. The van der Waals surface area contributed by atoms with E-state index in [1.807, 2.05) is 9.47 Å². The molecule has 0 rings (SSSR count). The van der Waals surface area contributed by atoms with Gasteiger partial charge >= 0.3 is 0 Å². The Hall–Kier alpha value is 0.840. The second kappa shape index (κ2) is 8.44. The Morgan fingerprint density at radius 1 is 1.67 bits per heavy atom. The summed E-state index contributed by atoms with van der Waals surface area (Å²) in [5, 5.41) is 9.34. The fourth-order valence-corrected chi connectivity index (χ4v) is 1.82. The van der Waals surface area contributed by atoms with E-state index in [1.165, 1.54) is 0 Å². The van der Waals surface area contributed by atoms with Gasteiger partial charge in [0.1, 0.15) is 12.4 Å². The second-order valence-corrected chi connectivity index (χ2v) is 3.59. The van der Waals surface area contributed by atoms with Crippen LogP contribution in [-0.2, 0) is 13.8 Å². The summed E-state index contributed by atoms with van der Waals surface area (Å²) in [6.07, 6.45) is -0.294. The predicted molar refractivity (Wildman–Crippen MR) is 55.2 cm³/mol. The zero-order valence-electron chi connectivity index (χ0n) is 6.47. The van der Waals surface area contributed by atoms with Crippen molar-refractivity contribution in [3.8, 4) is 0 Å². The molecule has 0 aromatic heterocycles. The quantitative estimate of drug-likeness (QED) is 0.511. The largest absolute Gasteiger partial charge is 0.388 e. The van der Waals surface area contributed by atoms with Crippen molar-refractivity contribution in [2.24, 2.45) is 0 Å². The Balaban J connectivity index is 3.80. The Bertz CT molecular complexity index is 123. The van der Waals surface area contributed by atoms with Gasteiger partial charge in [0.05, 0.1) is 12.7 Å². The van der Waals surface area contributed by atoms with Crippen molar-refractivity contribution in [3.05, 3.63) is 0 Å². The molecule has 3 unspecified atom stereocenters. The van der Waals surface area contributed by atoms with Gasteiger partial charge in [0.15, 0.2) is 0 Å². The van der Waals surface area contributed by atoms with Crippen LogP contribution in [0.1, 0.15) is 6.42 Å². The summed E-state index contributed by atoms with van der Waals surface area (Å²) in [5.41, 5.74) is 0. The van der Waals surface area contributed by atoms with E-state index in [-0.39, 0.29) is 21.5 Å². The average Bonchev–Trinajstić information content (AvgIpc) is 2.04. The molecule has 72 valence electrons. The first kappa shape index (κ1) is 12.8. The average molecular weight is 230 g/mol. The van der Waals surface area contributed by atoms with Gasteiger partial charge in [0, 0.05) is 24.4 Å². The zero-order chi connectivity index (χ0) is 9.40. The van der Waals surface area contributed by atoms with Crippen molar-refractivity contribution >= 4 is 33.2 Å². The van der Waals surface area contributed by atoms with Gasteiger partial charge < -0.3 is 18.9 Å². The molecule has 0 radical (unpaired) electrons. The van der Waals surface area contributed by atoms with Crippen molar-refractivity contribution in [1.82, 2.24) is 0 Å². The summed E-state index contributed by atoms with van der Waals surface area (Å²) in [7, 11) is 4.60. The molecule has 0 aliphatic carbocycles. The Kier molecular flexibility index (Phi) is 9.03. The third-order valence-electron chi connectivity index (χ3n) is 1.24. The van der Waals surface area contributed by atoms with Crippen molar-refractivity contribution in [2.45, 2.75) is 18.6 Å². The molecule has 0 amide bonds. The van der Waals surface area contributed by atoms with Crippen molar-refractivity contribution < 1.29 is 18.9 Å². The van der Waals surface area contributed by atoms with E-state index in [0.717, 1.165) is 6.29 Å². The van der Waals surface area contributed by atoms with Crippen LogP contribution in [0.2, 0.25) is 0 Å². The van der Waals surface area contributed by atoms with Gasteiger partial charge in [-0.3, -0.25) is 0 Å². The zero-order valence-corrected chi connectivity index (χ0v) is 9.78. The topological polar surface area (TPSA) is 55.8 Å². The number of carbonyl (C=O) groups is 1. The van der Waals surface area contributed by atoms with Crippen LogP contribution in [0.25, 0.3) is 0 Å². The predicted octanol–water partition coefficient (Wildman–Crippen LogP) is 0.512. The highest BCUT2D eigenvalue weighted by molar-refractivity contribution is 8.00. The molecule has 12 heavy (non-hydrogen) atoms. The molecule has 4 nitrogen and oxygen atoms in total. The first-order valence-corrected chi connectivity index (χ1v) is 6.49. The Morgan fingerprint density at radius 2 is 2.33 bits per heavy atom. The number of hydrogen-bond donors (Lipinski definition) is 1. The summed E-state index contributed by atoms with van der Waals surface area (Å²) in [6.45, 7) is 0.151. The van der Waals surface area contributed by atoms with Crippen LogP contribution < -0.4 is 0 Å². The minimum absolute atomic E-state index is 0.151. The molecule has 0 aromatic carbocycles. The van der Waals surface area contributed by atoms with Crippen LogP contribution in [-0.4, -0.2) is 30.2 Å². The maximum absolute atomic E-state index is 10.2. The third kappa shape index (κ3) is 5.48. The van der Waals surface area contributed by atoms with E-state index in [4.69, 9.17) is 4.52 Å². The van der Waals surface area contributed by atoms with Gasteiger partial charge in [0.25, 0.3) is 0 Å². The van der Waals surface area contributed by atoms with Crippen LogP contribution >= 0.6 is 26.9 Å².